The minimum absolute atomic E-state index is 1.16. The second kappa shape index (κ2) is 53.3. The Bertz CT molecular complexity index is 143. The Morgan fingerprint density at radius 2 is 1.26 bits per heavy atom. The predicted molar refractivity (Wildman–Crippen MR) is 98.0 cm³/mol. The van der Waals surface area contributed by atoms with E-state index in [0.29, 0.717) is 0 Å². The molecular weight excluding hydrogens is 228 g/mol. The van der Waals surface area contributed by atoms with Gasteiger partial charge in [-0.25, -0.2) is 0 Å². The van der Waals surface area contributed by atoms with Crippen LogP contribution in [-0.4, -0.2) is 0 Å². The van der Waals surface area contributed by atoms with E-state index >= 15 is 0 Å². The van der Waals surface area contributed by atoms with E-state index in [2.05, 4.69) is 39.5 Å². The molecule has 0 fully saturated rings. The van der Waals surface area contributed by atoms with E-state index < -0.39 is 0 Å². The standard InChI is InChI=1S/C6H10.C5H10.C4H10.2C2H6/c1-4-5-6(2)3;1-3-5-4-2;1-3-4-2;2*1-2/h4-5H,1H2,2-3H3;3,5H,4H2,1-2H3;3-4H2,1-2H3;2*1-2H3. The first-order valence-electron chi connectivity index (χ1n) is 7.97. The number of hydrogen-bond donors (Lipinski definition) is 0. The van der Waals surface area contributed by atoms with Gasteiger partial charge in [-0.15, -0.1) is 0 Å². The fraction of sp³-hybridized carbons (Fsp3) is 0.684. The van der Waals surface area contributed by atoms with E-state index in [-0.39, 0.29) is 0 Å². The second-order valence-corrected chi connectivity index (χ2v) is 3.46. The molecule has 0 heteroatoms. The Morgan fingerprint density at radius 3 is 1.26 bits per heavy atom. The molecular formula is C19H42. The summed E-state index contributed by atoms with van der Waals surface area (Å²) in [6.45, 7) is 24.1. The third-order valence-electron chi connectivity index (χ3n) is 1.42. The molecule has 19 heavy (non-hydrogen) atoms. The van der Waals surface area contributed by atoms with Gasteiger partial charge >= 0.3 is 0 Å². The molecule has 0 saturated carbocycles. The highest BCUT2D eigenvalue weighted by Gasteiger charge is 1.63. The van der Waals surface area contributed by atoms with Gasteiger partial charge in [0.1, 0.15) is 0 Å². The fourth-order valence-corrected chi connectivity index (χ4v) is 0.471. The monoisotopic (exact) mass is 270 g/mol. The van der Waals surface area contributed by atoms with E-state index in [1.165, 1.54) is 18.4 Å². The Hall–Kier alpha value is -0.780. The van der Waals surface area contributed by atoms with Crippen LogP contribution >= 0.6 is 0 Å². The number of hydrogen-bond acceptors (Lipinski definition) is 0. The van der Waals surface area contributed by atoms with Gasteiger partial charge in [0.05, 0.1) is 0 Å². The molecule has 0 saturated heterocycles. The van der Waals surface area contributed by atoms with Gasteiger partial charge in [0.25, 0.3) is 0 Å². The molecule has 0 aromatic heterocycles. The molecule has 0 spiro atoms. The van der Waals surface area contributed by atoms with Gasteiger partial charge in [0.15, 0.2) is 0 Å². The Morgan fingerprint density at radius 1 is 0.895 bits per heavy atom. The lowest BCUT2D eigenvalue weighted by Crippen LogP contribution is -1.54. The first-order valence-corrected chi connectivity index (χ1v) is 7.97. The molecule has 0 nitrogen and oxygen atoms in total. The summed E-state index contributed by atoms with van der Waals surface area (Å²) in [6.07, 6.45) is 11.7. The summed E-state index contributed by atoms with van der Waals surface area (Å²) in [4.78, 5) is 0. The van der Waals surface area contributed by atoms with Crippen LogP contribution in [0.5, 0.6) is 0 Å². The summed E-state index contributed by atoms with van der Waals surface area (Å²) >= 11 is 0. The number of rotatable bonds is 3. The van der Waals surface area contributed by atoms with Gasteiger partial charge in [-0.05, 0) is 27.2 Å². The Balaban J connectivity index is -0.0000000461. The molecule has 0 aromatic carbocycles. The largest absolute Gasteiger partial charge is 0.0991 e. The zero-order valence-corrected chi connectivity index (χ0v) is 15.6. The molecule has 0 unspecified atom stereocenters. The van der Waals surface area contributed by atoms with Crippen LogP contribution in [0.4, 0.5) is 0 Å². The van der Waals surface area contributed by atoms with Crippen molar-refractivity contribution in [3.63, 3.8) is 0 Å². The van der Waals surface area contributed by atoms with Crippen molar-refractivity contribution in [2.45, 2.75) is 88.5 Å². The first kappa shape index (κ1) is 30.9. The number of allylic oxidation sites excluding steroid dienone is 5. The number of unbranched alkanes of at least 4 members (excludes halogenated alkanes) is 1. The average Bonchev–Trinajstić information content (AvgIpc) is 2.45. The maximum absolute atomic E-state index is 3.52. The van der Waals surface area contributed by atoms with Crippen LogP contribution < -0.4 is 0 Å². The van der Waals surface area contributed by atoms with Crippen LogP contribution in [0.25, 0.3) is 0 Å². The van der Waals surface area contributed by atoms with E-state index in [0.717, 1.165) is 6.42 Å². The predicted octanol–water partition coefficient (Wildman–Crippen LogP) is 7.97. The highest BCUT2D eigenvalue weighted by atomic mass is 13.7. The summed E-state index contributed by atoms with van der Waals surface area (Å²) in [7, 11) is 0. The normalized spacial score (nSPS) is 7.05. The van der Waals surface area contributed by atoms with Crippen LogP contribution in [0.1, 0.15) is 88.5 Å². The maximum atomic E-state index is 3.52. The van der Waals surface area contributed by atoms with Crippen LogP contribution in [0.3, 0.4) is 0 Å². The molecule has 0 N–H and O–H groups in total. The highest BCUT2D eigenvalue weighted by molar-refractivity contribution is 5.04. The van der Waals surface area contributed by atoms with Crippen molar-refractivity contribution in [2.75, 3.05) is 0 Å². The Kier molecular flexibility index (Phi) is 86.7. The lowest BCUT2D eigenvalue weighted by molar-refractivity contribution is 0.886. The van der Waals surface area contributed by atoms with E-state index in [9.17, 15) is 0 Å². The smallest absolute Gasteiger partial charge is 0.0379 e. The van der Waals surface area contributed by atoms with E-state index in [1.54, 1.807) is 6.08 Å². The van der Waals surface area contributed by atoms with Gasteiger partial charge in [0.2, 0.25) is 0 Å². The molecule has 0 bridgehead atoms. The summed E-state index contributed by atoms with van der Waals surface area (Å²) < 4.78 is 0. The average molecular weight is 271 g/mol. The third-order valence-corrected chi connectivity index (χ3v) is 1.42. The third kappa shape index (κ3) is 146. The minimum Gasteiger partial charge on any atom is -0.0991 e. The SMILES string of the molecule is C=CC=C(C)C.CC.CC.CC=CCC.CCCC. The zero-order chi connectivity index (χ0) is 16.5. The van der Waals surface area contributed by atoms with Crippen molar-refractivity contribution in [3.05, 3.63) is 36.5 Å². The molecule has 0 heterocycles. The summed E-state index contributed by atoms with van der Waals surface area (Å²) in [5, 5.41) is 0. The quantitative estimate of drug-likeness (QED) is 0.360. The van der Waals surface area contributed by atoms with E-state index in [1.807, 2.05) is 54.5 Å². The van der Waals surface area contributed by atoms with Gasteiger partial charge in [-0.3, -0.25) is 0 Å². The summed E-state index contributed by atoms with van der Waals surface area (Å²) in [6, 6.07) is 0. The maximum Gasteiger partial charge on any atom is -0.0379 e. The van der Waals surface area contributed by atoms with Gasteiger partial charge in [-0.2, -0.15) is 0 Å². The topological polar surface area (TPSA) is 0 Å². The van der Waals surface area contributed by atoms with Crippen molar-refractivity contribution >= 4 is 0 Å². The molecule has 0 aromatic rings. The second-order valence-electron chi connectivity index (χ2n) is 3.46. The summed E-state index contributed by atoms with van der Waals surface area (Å²) in [5.41, 5.74) is 1.30. The molecule has 0 aliphatic rings. The van der Waals surface area contributed by atoms with Gasteiger partial charge in [0, 0.05) is 0 Å². The first-order chi connectivity index (χ1) is 9.10. The molecule has 0 amide bonds. The van der Waals surface area contributed by atoms with Crippen LogP contribution in [0.2, 0.25) is 0 Å². The molecule has 0 atom stereocenters. The Labute approximate surface area is 125 Å². The van der Waals surface area contributed by atoms with Crippen molar-refractivity contribution in [2.24, 2.45) is 0 Å². The highest BCUT2D eigenvalue weighted by Crippen LogP contribution is 1.85. The lowest BCUT2D eigenvalue weighted by atomic mass is 10.3. The van der Waals surface area contributed by atoms with Gasteiger partial charge < -0.3 is 0 Å². The summed E-state index contributed by atoms with van der Waals surface area (Å²) in [5.74, 6) is 0. The molecule has 0 aliphatic carbocycles. The molecule has 118 valence electrons. The van der Waals surface area contributed by atoms with Crippen molar-refractivity contribution in [3.8, 4) is 0 Å². The minimum atomic E-state index is 1.16. The zero-order valence-electron chi connectivity index (χ0n) is 15.6. The van der Waals surface area contributed by atoms with Crippen LogP contribution in [0.15, 0.2) is 36.5 Å². The fourth-order valence-electron chi connectivity index (χ4n) is 0.471. The molecule has 0 aliphatic heterocycles. The van der Waals surface area contributed by atoms with Crippen molar-refractivity contribution < 1.29 is 0 Å². The van der Waals surface area contributed by atoms with Crippen LogP contribution in [0, 0.1) is 0 Å². The van der Waals surface area contributed by atoms with Crippen molar-refractivity contribution in [1.82, 2.24) is 0 Å². The van der Waals surface area contributed by atoms with Gasteiger partial charge in [-0.1, -0.05) is 97.8 Å². The molecule has 0 rings (SSSR count). The van der Waals surface area contributed by atoms with Crippen molar-refractivity contribution in [1.29, 1.82) is 0 Å². The van der Waals surface area contributed by atoms with E-state index in [4.69, 9.17) is 0 Å². The molecule has 0 radical (unpaired) electrons. The lowest BCUT2D eigenvalue weighted by Gasteiger charge is -1.76. The van der Waals surface area contributed by atoms with Crippen LogP contribution in [-0.2, 0) is 0 Å².